The molecule has 3 aromatic rings. The summed E-state index contributed by atoms with van der Waals surface area (Å²) >= 11 is 1.35. The molecule has 1 aromatic carbocycles. The molecule has 0 saturated carbocycles. The van der Waals surface area contributed by atoms with E-state index < -0.39 is 4.92 Å². The lowest BCUT2D eigenvalue weighted by atomic mass is 10.3. The first-order chi connectivity index (χ1) is 14.4. The number of non-ortho nitro benzene ring substituents is 1. The fraction of sp³-hybridized carbons (Fsp3) is 0.263. The van der Waals surface area contributed by atoms with Crippen molar-refractivity contribution in [2.24, 2.45) is 0 Å². The molecule has 2 amide bonds. The highest BCUT2D eigenvalue weighted by Gasteiger charge is 2.24. The van der Waals surface area contributed by atoms with Gasteiger partial charge in [0.2, 0.25) is 11.8 Å². The van der Waals surface area contributed by atoms with Crippen LogP contribution in [0.3, 0.4) is 0 Å². The Kier molecular flexibility index (Phi) is 5.27. The van der Waals surface area contributed by atoms with Gasteiger partial charge >= 0.3 is 0 Å². The third kappa shape index (κ3) is 4.06. The molecule has 0 aliphatic carbocycles. The number of aryl methyl sites for hydroxylation is 1. The lowest BCUT2D eigenvalue weighted by Crippen LogP contribution is -2.23. The van der Waals surface area contributed by atoms with Gasteiger partial charge in [-0.2, -0.15) is 5.10 Å². The Hall–Kier alpha value is -3.60. The van der Waals surface area contributed by atoms with E-state index in [-0.39, 0.29) is 23.9 Å². The zero-order valence-electron chi connectivity index (χ0n) is 16.1. The fourth-order valence-electron chi connectivity index (χ4n) is 3.20. The predicted octanol–water partition coefficient (Wildman–Crippen LogP) is 2.85. The number of rotatable bonds is 6. The van der Waals surface area contributed by atoms with Gasteiger partial charge in [0.15, 0.2) is 5.13 Å². The lowest BCUT2D eigenvalue weighted by molar-refractivity contribution is -0.384. The van der Waals surface area contributed by atoms with Crippen LogP contribution in [-0.2, 0) is 16.0 Å². The van der Waals surface area contributed by atoms with E-state index in [9.17, 15) is 19.7 Å². The van der Waals surface area contributed by atoms with Crippen LogP contribution in [0.25, 0.3) is 5.69 Å². The van der Waals surface area contributed by atoms with Crippen LogP contribution in [0, 0.1) is 17.0 Å². The van der Waals surface area contributed by atoms with Gasteiger partial charge in [-0.1, -0.05) is 0 Å². The van der Waals surface area contributed by atoms with E-state index in [1.165, 1.54) is 28.2 Å². The minimum absolute atomic E-state index is 0.0240. The quantitative estimate of drug-likeness (QED) is 0.477. The Morgan fingerprint density at radius 1 is 1.33 bits per heavy atom. The number of anilines is 2. The van der Waals surface area contributed by atoms with Gasteiger partial charge in [0.05, 0.1) is 28.4 Å². The van der Waals surface area contributed by atoms with E-state index in [4.69, 9.17) is 0 Å². The van der Waals surface area contributed by atoms with Crippen molar-refractivity contribution < 1.29 is 14.5 Å². The average molecular weight is 426 g/mol. The highest BCUT2D eigenvalue weighted by molar-refractivity contribution is 7.14. The summed E-state index contributed by atoms with van der Waals surface area (Å²) in [4.78, 5) is 40.8. The number of nitrogens with one attached hydrogen (secondary N) is 1. The van der Waals surface area contributed by atoms with Crippen molar-refractivity contribution in [1.29, 1.82) is 0 Å². The van der Waals surface area contributed by atoms with Gasteiger partial charge in [-0.3, -0.25) is 24.6 Å². The van der Waals surface area contributed by atoms with Crippen LogP contribution in [0.2, 0.25) is 0 Å². The van der Waals surface area contributed by atoms with Crippen LogP contribution in [0.4, 0.5) is 16.6 Å². The molecule has 0 radical (unpaired) electrons. The number of nitro benzene ring substituents is 1. The molecule has 4 rings (SSSR count). The first-order valence-electron chi connectivity index (χ1n) is 9.27. The molecule has 1 fully saturated rings. The number of nitro groups is 1. The van der Waals surface area contributed by atoms with Gasteiger partial charge < -0.3 is 5.32 Å². The number of thiazole rings is 1. The van der Waals surface area contributed by atoms with Crippen molar-refractivity contribution in [3.05, 3.63) is 57.2 Å². The summed E-state index contributed by atoms with van der Waals surface area (Å²) in [5.74, 6) is 0.238. The monoisotopic (exact) mass is 426 g/mol. The molecule has 0 atom stereocenters. The number of benzene rings is 1. The summed E-state index contributed by atoms with van der Waals surface area (Å²) in [7, 11) is 0. The molecular formula is C19H18N6O4S. The van der Waals surface area contributed by atoms with Crippen LogP contribution in [0.1, 0.15) is 24.2 Å². The van der Waals surface area contributed by atoms with Gasteiger partial charge in [0, 0.05) is 36.5 Å². The number of carbonyl (C=O) groups excluding carboxylic acids is 2. The number of aromatic nitrogens is 3. The Morgan fingerprint density at radius 3 is 2.77 bits per heavy atom. The molecule has 1 aliphatic rings. The molecule has 1 aliphatic heterocycles. The zero-order chi connectivity index (χ0) is 21.3. The average Bonchev–Trinajstić information content (AvgIpc) is 3.42. The van der Waals surface area contributed by atoms with Crippen LogP contribution < -0.4 is 10.2 Å². The van der Waals surface area contributed by atoms with Crippen LogP contribution in [-0.4, -0.2) is 38.0 Å². The summed E-state index contributed by atoms with van der Waals surface area (Å²) < 4.78 is 1.52. The number of carbonyl (C=O) groups is 2. The number of hydrogen-bond acceptors (Lipinski definition) is 7. The first-order valence-corrected chi connectivity index (χ1v) is 10.1. The Balaban J connectivity index is 1.47. The van der Waals surface area contributed by atoms with E-state index in [1.807, 2.05) is 0 Å². The predicted molar refractivity (Wildman–Crippen MR) is 111 cm³/mol. The molecule has 1 saturated heterocycles. The van der Waals surface area contributed by atoms with E-state index >= 15 is 0 Å². The van der Waals surface area contributed by atoms with Crippen molar-refractivity contribution in [2.75, 3.05) is 16.8 Å². The highest BCUT2D eigenvalue weighted by atomic mass is 32.1. The van der Waals surface area contributed by atoms with Crippen molar-refractivity contribution >= 4 is 39.8 Å². The third-order valence-electron chi connectivity index (χ3n) is 4.59. The maximum atomic E-state index is 12.6. The van der Waals surface area contributed by atoms with Crippen molar-refractivity contribution in [3.63, 3.8) is 0 Å². The second-order valence-corrected chi connectivity index (χ2v) is 7.69. The maximum absolute atomic E-state index is 12.6. The van der Waals surface area contributed by atoms with Gasteiger partial charge in [-0.15, -0.1) is 11.3 Å². The van der Waals surface area contributed by atoms with E-state index in [1.54, 1.807) is 35.4 Å². The molecule has 30 heavy (non-hydrogen) atoms. The molecule has 154 valence electrons. The van der Waals surface area contributed by atoms with E-state index in [0.717, 1.165) is 6.42 Å². The molecule has 10 nitrogen and oxygen atoms in total. The van der Waals surface area contributed by atoms with E-state index in [2.05, 4.69) is 15.4 Å². The summed E-state index contributed by atoms with van der Waals surface area (Å²) in [5.41, 5.74) is 1.84. The molecule has 3 heterocycles. The Morgan fingerprint density at radius 2 is 2.10 bits per heavy atom. The minimum Gasteiger partial charge on any atom is -0.310 e. The molecule has 0 spiro atoms. The summed E-state index contributed by atoms with van der Waals surface area (Å²) in [6.07, 6.45) is 1.41. The number of amides is 2. The second-order valence-electron chi connectivity index (χ2n) is 6.85. The summed E-state index contributed by atoms with van der Waals surface area (Å²) in [5, 5.41) is 20.4. The lowest BCUT2D eigenvalue weighted by Gasteiger charge is -2.10. The first kappa shape index (κ1) is 19.7. The van der Waals surface area contributed by atoms with Crippen LogP contribution >= 0.6 is 11.3 Å². The smallest absolute Gasteiger partial charge is 0.269 e. The highest BCUT2D eigenvalue weighted by Crippen LogP contribution is 2.26. The second kappa shape index (κ2) is 8.03. The third-order valence-corrected chi connectivity index (χ3v) is 5.50. The van der Waals surface area contributed by atoms with E-state index in [0.29, 0.717) is 41.0 Å². The SMILES string of the molecule is Cc1cc(NC(=O)Cc2csc(N3CCCC3=O)n2)n(-c2ccc([N+](=O)[O-])cc2)n1. The summed E-state index contributed by atoms with van der Waals surface area (Å²) in [6, 6.07) is 7.62. The van der Waals surface area contributed by atoms with Crippen molar-refractivity contribution in [3.8, 4) is 5.69 Å². The summed E-state index contributed by atoms with van der Waals surface area (Å²) in [6.45, 7) is 2.45. The number of nitrogens with zero attached hydrogens (tertiary/aromatic N) is 5. The van der Waals surface area contributed by atoms with Gasteiger partial charge in [0.1, 0.15) is 5.82 Å². The van der Waals surface area contributed by atoms with Crippen LogP contribution in [0.5, 0.6) is 0 Å². The largest absolute Gasteiger partial charge is 0.310 e. The van der Waals surface area contributed by atoms with Crippen molar-refractivity contribution in [2.45, 2.75) is 26.2 Å². The molecule has 2 aromatic heterocycles. The molecule has 11 heteroatoms. The Bertz CT molecular complexity index is 1120. The van der Waals surface area contributed by atoms with Crippen molar-refractivity contribution in [1.82, 2.24) is 14.8 Å². The molecule has 0 unspecified atom stereocenters. The molecule has 0 bridgehead atoms. The topological polar surface area (TPSA) is 123 Å². The zero-order valence-corrected chi connectivity index (χ0v) is 16.9. The van der Waals surface area contributed by atoms with Gasteiger partial charge in [-0.25, -0.2) is 9.67 Å². The minimum atomic E-state index is -0.474. The Labute approximate surface area is 175 Å². The molecule has 1 N–H and O–H groups in total. The normalized spacial score (nSPS) is 13.6. The standard InChI is InChI=1S/C19H18N6O4S/c1-12-9-16(24(22-12)14-4-6-15(7-5-14)25(28)29)21-17(26)10-13-11-30-19(20-13)23-8-2-3-18(23)27/h4-7,9,11H,2-3,8,10H2,1H3,(H,21,26). The maximum Gasteiger partial charge on any atom is 0.269 e. The van der Waals surface area contributed by atoms with Gasteiger partial charge in [-0.05, 0) is 25.5 Å². The fourth-order valence-corrected chi connectivity index (χ4v) is 4.07. The number of hydrogen-bond donors (Lipinski definition) is 1. The van der Waals surface area contributed by atoms with Gasteiger partial charge in [0.25, 0.3) is 5.69 Å². The van der Waals surface area contributed by atoms with Crippen LogP contribution in [0.15, 0.2) is 35.7 Å². The molecular weight excluding hydrogens is 408 g/mol.